The second-order valence-corrected chi connectivity index (χ2v) is 5.72. The summed E-state index contributed by atoms with van der Waals surface area (Å²) in [5.41, 5.74) is 0.796. The normalized spacial score (nSPS) is 19.8. The molecule has 3 rings (SSSR count). The minimum absolute atomic E-state index is 0.0814. The lowest BCUT2D eigenvalue weighted by Crippen LogP contribution is -2.35. The number of rotatable bonds is 3. The number of amides is 2. The van der Waals surface area contributed by atoms with Crippen LogP contribution in [0.1, 0.15) is 18.0 Å². The minimum Gasteiger partial charge on any atom is -0.480 e. The van der Waals surface area contributed by atoms with Crippen LogP contribution >= 0.6 is 0 Å². The smallest absolute Gasteiger partial charge is 0.322 e. The van der Waals surface area contributed by atoms with E-state index >= 15 is 0 Å². The lowest BCUT2D eigenvalue weighted by atomic mass is 10.0. The number of aromatic nitrogens is 1. The van der Waals surface area contributed by atoms with Crippen molar-refractivity contribution in [2.45, 2.75) is 18.6 Å². The summed E-state index contributed by atoms with van der Waals surface area (Å²) in [6, 6.07) is 5.68. The van der Waals surface area contributed by atoms with Crippen molar-refractivity contribution in [3.05, 3.63) is 53.7 Å². The Morgan fingerprint density at radius 3 is 2.88 bits per heavy atom. The second-order valence-electron chi connectivity index (χ2n) is 5.72. The van der Waals surface area contributed by atoms with Gasteiger partial charge in [0.15, 0.2) is 11.6 Å². The molecule has 1 fully saturated rings. The van der Waals surface area contributed by atoms with Gasteiger partial charge in [0.25, 0.3) is 0 Å². The molecule has 0 radical (unpaired) electrons. The van der Waals surface area contributed by atoms with E-state index in [4.69, 9.17) is 4.74 Å². The van der Waals surface area contributed by atoms with Crippen molar-refractivity contribution < 1.29 is 23.4 Å². The summed E-state index contributed by atoms with van der Waals surface area (Å²) in [5.74, 6) is -1.70. The Balaban J connectivity index is 1.83. The van der Waals surface area contributed by atoms with Gasteiger partial charge in [-0.05, 0) is 36.2 Å². The highest BCUT2D eigenvalue weighted by Crippen LogP contribution is 2.33. The number of β-amino-alcohol motifs (C(OH)–C–C–N with tert-alkyl or cyclic N) is 1. The maximum absolute atomic E-state index is 13.5. The molecule has 0 bridgehead atoms. The first kappa shape index (κ1) is 17.1. The molecule has 8 heteroatoms. The number of benzene rings is 1. The van der Waals surface area contributed by atoms with E-state index in [-0.39, 0.29) is 18.8 Å². The lowest BCUT2D eigenvalue weighted by Gasteiger charge is -2.25. The molecular weight excluding hydrogens is 332 g/mol. The first-order chi connectivity index (χ1) is 12.0. The number of nitrogens with zero attached hydrogens (tertiary/aromatic N) is 2. The molecule has 0 spiro atoms. The number of likely N-dealkylation sites (tertiary alicyclic amines) is 1. The molecule has 132 valence electrons. The Morgan fingerprint density at radius 1 is 1.36 bits per heavy atom. The van der Waals surface area contributed by atoms with Gasteiger partial charge in [-0.3, -0.25) is 0 Å². The fourth-order valence-corrected chi connectivity index (χ4v) is 2.91. The molecule has 0 unspecified atom stereocenters. The number of urea groups is 1. The number of carbonyl (C=O) groups is 1. The van der Waals surface area contributed by atoms with Gasteiger partial charge in [-0.1, -0.05) is 6.07 Å². The minimum atomic E-state index is -0.992. The number of halogens is 2. The molecule has 25 heavy (non-hydrogen) atoms. The summed E-state index contributed by atoms with van der Waals surface area (Å²) in [4.78, 5) is 18.0. The van der Waals surface area contributed by atoms with Crippen molar-refractivity contribution in [1.82, 2.24) is 9.88 Å². The summed E-state index contributed by atoms with van der Waals surface area (Å²) in [6.07, 6.45) is 1.01. The maximum Gasteiger partial charge on any atom is 0.322 e. The third kappa shape index (κ3) is 3.53. The molecule has 2 amide bonds. The highest BCUT2D eigenvalue weighted by molar-refractivity contribution is 5.91. The van der Waals surface area contributed by atoms with Gasteiger partial charge in [0, 0.05) is 12.7 Å². The van der Waals surface area contributed by atoms with Gasteiger partial charge < -0.3 is 20.1 Å². The number of hydrogen-bond donors (Lipinski definition) is 2. The van der Waals surface area contributed by atoms with Gasteiger partial charge in [0.05, 0.1) is 19.3 Å². The van der Waals surface area contributed by atoms with Crippen LogP contribution in [0.3, 0.4) is 0 Å². The van der Waals surface area contributed by atoms with E-state index < -0.39 is 29.8 Å². The Morgan fingerprint density at radius 2 is 2.16 bits per heavy atom. The van der Waals surface area contributed by atoms with E-state index in [1.165, 1.54) is 24.3 Å². The number of methoxy groups -OCH3 is 1. The zero-order chi connectivity index (χ0) is 18.0. The monoisotopic (exact) mass is 349 g/mol. The molecular formula is C17H17F2N3O3. The highest BCUT2D eigenvalue weighted by atomic mass is 19.2. The van der Waals surface area contributed by atoms with Crippen LogP contribution in [0.5, 0.6) is 5.88 Å². The number of anilines is 1. The van der Waals surface area contributed by atoms with E-state index in [0.29, 0.717) is 11.3 Å². The second kappa shape index (κ2) is 7.02. The lowest BCUT2D eigenvalue weighted by molar-refractivity contribution is 0.175. The first-order valence-corrected chi connectivity index (χ1v) is 7.69. The summed E-state index contributed by atoms with van der Waals surface area (Å²) in [5, 5.41) is 12.6. The molecule has 2 N–H and O–H groups in total. The van der Waals surface area contributed by atoms with Crippen molar-refractivity contribution in [3.63, 3.8) is 0 Å². The zero-order valence-electron chi connectivity index (χ0n) is 13.4. The average Bonchev–Trinajstić information content (AvgIpc) is 3.00. The molecule has 1 saturated heterocycles. The number of nitrogens with one attached hydrogen (secondary N) is 1. The number of hydrogen-bond acceptors (Lipinski definition) is 4. The zero-order valence-corrected chi connectivity index (χ0v) is 13.4. The van der Waals surface area contributed by atoms with Crippen LogP contribution < -0.4 is 10.1 Å². The van der Waals surface area contributed by atoms with E-state index in [9.17, 15) is 18.7 Å². The highest BCUT2D eigenvalue weighted by Gasteiger charge is 2.36. The number of aliphatic hydroxyl groups excluding tert-OH is 1. The molecule has 6 nitrogen and oxygen atoms in total. The van der Waals surface area contributed by atoms with Gasteiger partial charge in [0.2, 0.25) is 5.88 Å². The summed E-state index contributed by atoms with van der Waals surface area (Å²) in [6.45, 7) is 0.0814. The van der Waals surface area contributed by atoms with E-state index in [2.05, 4.69) is 10.3 Å². The third-order valence-electron chi connectivity index (χ3n) is 4.07. The largest absolute Gasteiger partial charge is 0.480 e. The third-order valence-corrected chi connectivity index (χ3v) is 4.07. The van der Waals surface area contributed by atoms with E-state index in [0.717, 1.165) is 12.1 Å². The molecule has 2 heterocycles. The number of pyridine rings is 1. The van der Waals surface area contributed by atoms with Gasteiger partial charge >= 0.3 is 6.03 Å². The predicted molar refractivity (Wildman–Crippen MR) is 86.2 cm³/mol. The van der Waals surface area contributed by atoms with E-state index in [1.54, 1.807) is 12.1 Å². The van der Waals surface area contributed by atoms with Crippen molar-refractivity contribution in [2.24, 2.45) is 0 Å². The molecule has 1 aromatic heterocycles. The molecule has 0 saturated carbocycles. The fraction of sp³-hybridized carbons (Fsp3) is 0.294. The quantitative estimate of drug-likeness (QED) is 0.893. The standard InChI is InChI=1S/C17H17F2N3O3/c1-25-16-14(3-2-6-20-16)21-17(24)22-9-11(23)8-15(22)10-4-5-12(18)13(19)7-10/h2-7,11,15,23H,8-9H2,1H3,(H,21,24)/t11-,15-/m0/s1. The van der Waals surface area contributed by atoms with Gasteiger partial charge in [-0.2, -0.15) is 0 Å². The number of carbonyl (C=O) groups excluding carboxylic acids is 1. The first-order valence-electron chi connectivity index (χ1n) is 7.69. The van der Waals surface area contributed by atoms with Crippen LogP contribution in [0.4, 0.5) is 19.3 Å². The average molecular weight is 349 g/mol. The molecule has 1 aliphatic heterocycles. The van der Waals surface area contributed by atoms with E-state index in [1.807, 2.05) is 0 Å². The van der Waals surface area contributed by atoms with Crippen LogP contribution in [0, 0.1) is 11.6 Å². The molecule has 1 aromatic carbocycles. The number of aliphatic hydroxyl groups is 1. The maximum atomic E-state index is 13.5. The van der Waals surface area contributed by atoms with Crippen molar-refractivity contribution in [2.75, 3.05) is 19.0 Å². The SMILES string of the molecule is COc1ncccc1NC(=O)N1C[C@@H](O)C[C@H]1c1ccc(F)c(F)c1. The molecule has 1 aliphatic rings. The summed E-state index contributed by atoms with van der Waals surface area (Å²) < 4.78 is 31.8. The Labute approximate surface area is 143 Å². The van der Waals surface area contributed by atoms with Gasteiger partial charge in [0.1, 0.15) is 5.69 Å². The summed E-state index contributed by atoms with van der Waals surface area (Å²) in [7, 11) is 1.43. The van der Waals surface area contributed by atoms with Crippen LogP contribution in [0.15, 0.2) is 36.5 Å². The van der Waals surface area contributed by atoms with Gasteiger partial charge in [-0.25, -0.2) is 18.6 Å². The summed E-state index contributed by atoms with van der Waals surface area (Å²) >= 11 is 0. The van der Waals surface area contributed by atoms with Crippen LogP contribution in [0.2, 0.25) is 0 Å². The molecule has 0 aliphatic carbocycles. The fourth-order valence-electron chi connectivity index (χ4n) is 2.91. The molecule has 2 aromatic rings. The van der Waals surface area contributed by atoms with Crippen LogP contribution in [-0.2, 0) is 0 Å². The Hall–Kier alpha value is -2.74. The Bertz CT molecular complexity index is 787. The predicted octanol–water partition coefficient (Wildman–Crippen LogP) is 2.71. The van der Waals surface area contributed by atoms with Crippen molar-refractivity contribution in [1.29, 1.82) is 0 Å². The Kier molecular flexibility index (Phi) is 4.80. The van der Waals surface area contributed by atoms with Crippen molar-refractivity contribution >= 4 is 11.7 Å². The van der Waals surface area contributed by atoms with Crippen LogP contribution in [0.25, 0.3) is 0 Å². The van der Waals surface area contributed by atoms with Gasteiger partial charge in [-0.15, -0.1) is 0 Å². The molecule has 2 atom stereocenters. The number of ether oxygens (including phenoxy) is 1. The van der Waals surface area contributed by atoms with Crippen molar-refractivity contribution in [3.8, 4) is 5.88 Å². The van der Waals surface area contributed by atoms with Crippen LogP contribution in [-0.4, -0.2) is 40.8 Å². The topological polar surface area (TPSA) is 74.7 Å².